The number of hydrogen-bond donors (Lipinski definition) is 1. The molecule has 0 amide bonds. The molecular weight excluding hydrogens is 241 g/mol. The molecule has 0 bridgehead atoms. The molecule has 1 aromatic heterocycles. The molecule has 1 heterocycles. The van der Waals surface area contributed by atoms with Crippen LogP contribution in [0.15, 0.2) is 22.6 Å². The molecule has 0 aromatic carbocycles. The molecule has 0 atom stereocenters. The molecule has 0 unspecified atom stereocenters. The van der Waals surface area contributed by atoms with Crippen molar-refractivity contribution in [2.75, 3.05) is 6.54 Å². The smallest absolute Gasteiger partial charge is 0.164 e. The highest BCUT2D eigenvalue weighted by molar-refractivity contribution is 14.1. The number of nitrogens with two attached hydrogens (primary N) is 1. The maximum absolute atomic E-state index is 5.25. The predicted molar refractivity (Wildman–Crippen MR) is 49.5 cm³/mol. The summed E-state index contributed by atoms with van der Waals surface area (Å²) >= 11 is 2.12. The minimum atomic E-state index is 0.553. The first-order chi connectivity index (χ1) is 4.83. The van der Waals surface area contributed by atoms with E-state index in [0.717, 1.165) is 9.53 Å². The van der Waals surface area contributed by atoms with E-state index in [-0.39, 0.29) is 0 Å². The number of furan rings is 1. The summed E-state index contributed by atoms with van der Waals surface area (Å²) < 4.78 is 6.13. The molecule has 0 aliphatic rings. The van der Waals surface area contributed by atoms with Gasteiger partial charge < -0.3 is 10.2 Å². The third-order valence-corrected chi connectivity index (χ3v) is 1.59. The minimum Gasteiger partial charge on any atom is -0.451 e. The van der Waals surface area contributed by atoms with Crippen molar-refractivity contribution in [3.63, 3.8) is 0 Å². The van der Waals surface area contributed by atoms with Crippen LogP contribution < -0.4 is 5.73 Å². The highest BCUT2D eigenvalue weighted by Gasteiger charge is 1.91. The van der Waals surface area contributed by atoms with Gasteiger partial charge in [-0.15, -0.1) is 0 Å². The van der Waals surface area contributed by atoms with Crippen LogP contribution in [0.4, 0.5) is 0 Å². The van der Waals surface area contributed by atoms with Gasteiger partial charge in [-0.1, -0.05) is 6.08 Å². The highest BCUT2D eigenvalue weighted by atomic mass is 127. The topological polar surface area (TPSA) is 39.2 Å². The largest absolute Gasteiger partial charge is 0.451 e. The van der Waals surface area contributed by atoms with Crippen molar-refractivity contribution in [1.29, 1.82) is 0 Å². The molecule has 54 valence electrons. The second kappa shape index (κ2) is 3.78. The lowest BCUT2D eigenvalue weighted by molar-refractivity contribution is 0.528. The van der Waals surface area contributed by atoms with Crippen molar-refractivity contribution in [3.8, 4) is 0 Å². The van der Waals surface area contributed by atoms with Crippen LogP contribution in [-0.4, -0.2) is 6.54 Å². The molecular formula is C7H8INO. The van der Waals surface area contributed by atoms with Gasteiger partial charge in [0, 0.05) is 6.54 Å². The second-order valence-corrected chi connectivity index (χ2v) is 2.84. The van der Waals surface area contributed by atoms with Gasteiger partial charge in [0.15, 0.2) is 3.77 Å². The first-order valence-electron chi connectivity index (χ1n) is 2.95. The maximum Gasteiger partial charge on any atom is 0.164 e. The summed E-state index contributed by atoms with van der Waals surface area (Å²) in [6, 6.07) is 3.82. The quantitative estimate of drug-likeness (QED) is 0.812. The van der Waals surface area contributed by atoms with Gasteiger partial charge in [0.05, 0.1) is 0 Å². The van der Waals surface area contributed by atoms with Crippen LogP contribution in [0.3, 0.4) is 0 Å². The Labute approximate surface area is 73.2 Å². The van der Waals surface area contributed by atoms with Gasteiger partial charge in [-0.3, -0.25) is 0 Å². The normalized spacial score (nSPS) is 11.0. The number of rotatable bonds is 2. The van der Waals surface area contributed by atoms with Crippen LogP contribution in [0.1, 0.15) is 5.76 Å². The molecule has 0 spiro atoms. The van der Waals surface area contributed by atoms with Gasteiger partial charge in [0.1, 0.15) is 5.76 Å². The van der Waals surface area contributed by atoms with Gasteiger partial charge in [-0.25, -0.2) is 0 Å². The molecule has 0 fully saturated rings. The Morgan fingerprint density at radius 3 is 2.90 bits per heavy atom. The Balaban J connectivity index is 2.67. The van der Waals surface area contributed by atoms with Gasteiger partial charge >= 0.3 is 0 Å². The van der Waals surface area contributed by atoms with Gasteiger partial charge in [0.2, 0.25) is 0 Å². The van der Waals surface area contributed by atoms with E-state index in [2.05, 4.69) is 22.6 Å². The lowest BCUT2D eigenvalue weighted by Gasteiger charge is -1.81. The van der Waals surface area contributed by atoms with Crippen molar-refractivity contribution in [1.82, 2.24) is 0 Å². The molecule has 1 rings (SSSR count). The molecule has 2 N–H and O–H groups in total. The van der Waals surface area contributed by atoms with Crippen molar-refractivity contribution in [3.05, 3.63) is 27.7 Å². The average molecular weight is 249 g/mol. The van der Waals surface area contributed by atoms with E-state index in [1.54, 1.807) is 0 Å². The van der Waals surface area contributed by atoms with E-state index in [1.807, 2.05) is 24.3 Å². The van der Waals surface area contributed by atoms with E-state index in [4.69, 9.17) is 10.2 Å². The molecule has 10 heavy (non-hydrogen) atoms. The Hall–Kier alpha value is -0.290. The number of halogens is 1. The maximum atomic E-state index is 5.25. The summed E-state index contributed by atoms with van der Waals surface area (Å²) in [7, 11) is 0. The van der Waals surface area contributed by atoms with Crippen molar-refractivity contribution >= 4 is 28.7 Å². The summed E-state index contributed by atoms with van der Waals surface area (Å²) in [5.74, 6) is 0.856. The van der Waals surface area contributed by atoms with Crippen LogP contribution >= 0.6 is 22.6 Å². The first kappa shape index (κ1) is 7.81. The molecule has 2 nitrogen and oxygen atoms in total. The highest BCUT2D eigenvalue weighted by Crippen LogP contribution is 2.10. The fraction of sp³-hybridized carbons (Fsp3) is 0.143. The number of hydrogen-bond acceptors (Lipinski definition) is 2. The molecule has 0 aliphatic carbocycles. The van der Waals surface area contributed by atoms with Crippen molar-refractivity contribution in [2.24, 2.45) is 5.73 Å². The molecule has 0 aliphatic heterocycles. The standard InChI is InChI=1S/C7H8INO/c8-7-4-3-6(10-7)2-1-5-9/h1-4H,5,9H2. The van der Waals surface area contributed by atoms with Crippen LogP contribution in [0.5, 0.6) is 0 Å². The third kappa shape index (κ3) is 2.15. The minimum absolute atomic E-state index is 0.553. The Bertz CT molecular complexity index is 229. The Kier molecular flexibility index (Phi) is 2.95. The van der Waals surface area contributed by atoms with E-state index in [1.165, 1.54) is 0 Å². The lowest BCUT2D eigenvalue weighted by Crippen LogP contribution is -1.91. The zero-order chi connectivity index (χ0) is 7.40. The molecule has 0 saturated heterocycles. The molecule has 0 radical (unpaired) electrons. The van der Waals surface area contributed by atoms with Crippen LogP contribution in [-0.2, 0) is 0 Å². The Morgan fingerprint density at radius 1 is 1.60 bits per heavy atom. The van der Waals surface area contributed by atoms with Crippen LogP contribution in [0.2, 0.25) is 0 Å². The monoisotopic (exact) mass is 249 g/mol. The summed E-state index contributed by atoms with van der Waals surface area (Å²) in [5.41, 5.74) is 5.25. The van der Waals surface area contributed by atoms with Gasteiger partial charge in [0.25, 0.3) is 0 Å². The zero-order valence-electron chi connectivity index (χ0n) is 5.38. The van der Waals surface area contributed by atoms with Crippen molar-refractivity contribution < 1.29 is 4.42 Å². The SMILES string of the molecule is NCC=Cc1ccc(I)o1. The van der Waals surface area contributed by atoms with E-state index in [9.17, 15) is 0 Å². The zero-order valence-corrected chi connectivity index (χ0v) is 7.54. The van der Waals surface area contributed by atoms with E-state index in [0.29, 0.717) is 6.54 Å². The average Bonchev–Trinajstić information content (AvgIpc) is 2.31. The fourth-order valence-corrected chi connectivity index (χ4v) is 1.04. The van der Waals surface area contributed by atoms with E-state index < -0.39 is 0 Å². The fourth-order valence-electron chi connectivity index (χ4n) is 0.602. The summed E-state index contributed by atoms with van der Waals surface area (Å²) in [4.78, 5) is 0. The van der Waals surface area contributed by atoms with Gasteiger partial charge in [-0.05, 0) is 40.8 Å². The van der Waals surface area contributed by atoms with Crippen LogP contribution in [0, 0.1) is 3.77 Å². The summed E-state index contributed by atoms with van der Waals surface area (Å²) in [6.45, 7) is 0.553. The molecule has 3 heteroatoms. The summed E-state index contributed by atoms with van der Waals surface area (Å²) in [5, 5.41) is 0. The van der Waals surface area contributed by atoms with E-state index >= 15 is 0 Å². The van der Waals surface area contributed by atoms with Crippen LogP contribution in [0.25, 0.3) is 6.08 Å². The predicted octanol–water partition coefficient (Wildman–Crippen LogP) is 1.86. The Morgan fingerprint density at radius 2 is 2.40 bits per heavy atom. The van der Waals surface area contributed by atoms with Crippen molar-refractivity contribution in [2.45, 2.75) is 0 Å². The summed E-state index contributed by atoms with van der Waals surface area (Å²) in [6.07, 6.45) is 3.72. The molecule has 0 saturated carbocycles. The first-order valence-corrected chi connectivity index (χ1v) is 4.03. The third-order valence-electron chi connectivity index (χ3n) is 1.01. The second-order valence-electron chi connectivity index (χ2n) is 1.78. The lowest BCUT2D eigenvalue weighted by atomic mass is 10.4. The van der Waals surface area contributed by atoms with Gasteiger partial charge in [-0.2, -0.15) is 0 Å². The molecule has 1 aromatic rings.